The number of hydrogen-bond donors (Lipinski definition) is 1. The molecule has 2 nitrogen and oxygen atoms in total. The minimum atomic E-state index is -0.451. The largest absolute Gasteiger partial charge is 0.390 e. The molecular formula is C11H15ClO2. The van der Waals surface area contributed by atoms with Gasteiger partial charge in [-0.1, -0.05) is 23.7 Å². The number of aliphatic hydroxyl groups is 1. The van der Waals surface area contributed by atoms with Crippen LogP contribution < -0.4 is 0 Å². The SMILES string of the molecule is CCOCC(O)Cc1cccc(Cl)c1. The van der Waals surface area contributed by atoms with E-state index < -0.39 is 6.10 Å². The molecule has 0 bridgehead atoms. The van der Waals surface area contributed by atoms with E-state index in [-0.39, 0.29) is 0 Å². The highest BCUT2D eigenvalue weighted by molar-refractivity contribution is 6.30. The Hall–Kier alpha value is -0.570. The lowest BCUT2D eigenvalue weighted by molar-refractivity contribution is 0.0430. The van der Waals surface area contributed by atoms with Crippen LogP contribution in [0, 0.1) is 0 Å². The first-order valence-electron chi connectivity index (χ1n) is 4.72. The first-order chi connectivity index (χ1) is 6.72. The van der Waals surface area contributed by atoms with E-state index in [2.05, 4.69) is 0 Å². The van der Waals surface area contributed by atoms with Crippen molar-refractivity contribution in [3.05, 3.63) is 34.9 Å². The Morgan fingerprint density at radius 2 is 2.29 bits per heavy atom. The highest BCUT2D eigenvalue weighted by Gasteiger charge is 2.05. The topological polar surface area (TPSA) is 29.5 Å². The zero-order valence-electron chi connectivity index (χ0n) is 8.24. The van der Waals surface area contributed by atoms with Crippen LogP contribution in [0.3, 0.4) is 0 Å². The second-order valence-electron chi connectivity index (χ2n) is 3.15. The van der Waals surface area contributed by atoms with Gasteiger partial charge >= 0.3 is 0 Å². The molecule has 0 spiro atoms. The van der Waals surface area contributed by atoms with Crippen LogP contribution >= 0.6 is 11.6 Å². The van der Waals surface area contributed by atoms with Crippen molar-refractivity contribution in [1.29, 1.82) is 0 Å². The fourth-order valence-corrected chi connectivity index (χ4v) is 1.46. The minimum Gasteiger partial charge on any atom is -0.390 e. The number of ether oxygens (including phenoxy) is 1. The summed E-state index contributed by atoms with van der Waals surface area (Å²) in [7, 11) is 0. The van der Waals surface area contributed by atoms with Gasteiger partial charge in [-0.15, -0.1) is 0 Å². The first kappa shape index (κ1) is 11.5. The lowest BCUT2D eigenvalue weighted by Crippen LogP contribution is -2.17. The molecule has 0 aromatic heterocycles. The van der Waals surface area contributed by atoms with E-state index >= 15 is 0 Å². The molecule has 0 saturated carbocycles. The fourth-order valence-electron chi connectivity index (χ4n) is 1.25. The third-order valence-corrected chi connectivity index (χ3v) is 2.11. The molecule has 1 unspecified atom stereocenters. The summed E-state index contributed by atoms with van der Waals surface area (Å²) >= 11 is 5.82. The van der Waals surface area contributed by atoms with E-state index in [9.17, 15) is 5.11 Å². The molecule has 0 radical (unpaired) electrons. The van der Waals surface area contributed by atoms with E-state index in [1.165, 1.54) is 0 Å². The highest BCUT2D eigenvalue weighted by atomic mass is 35.5. The molecule has 1 aromatic carbocycles. The fraction of sp³-hybridized carbons (Fsp3) is 0.455. The van der Waals surface area contributed by atoms with Crippen molar-refractivity contribution in [3.8, 4) is 0 Å². The van der Waals surface area contributed by atoms with Gasteiger partial charge in [-0.2, -0.15) is 0 Å². The Morgan fingerprint density at radius 3 is 2.93 bits per heavy atom. The molecule has 3 heteroatoms. The lowest BCUT2D eigenvalue weighted by atomic mass is 10.1. The molecule has 0 aliphatic heterocycles. The number of hydrogen-bond acceptors (Lipinski definition) is 2. The van der Waals surface area contributed by atoms with Gasteiger partial charge in [0.25, 0.3) is 0 Å². The van der Waals surface area contributed by atoms with Crippen molar-refractivity contribution in [3.63, 3.8) is 0 Å². The molecule has 78 valence electrons. The number of benzene rings is 1. The van der Waals surface area contributed by atoms with Gasteiger partial charge in [0.15, 0.2) is 0 Å². The Labute approximate surface area is 89.5 Å². The predicted octanol–water partition coefficient (Wildman–Crippen LogP) is 2.28. The molecule has 0 amide bonds. The van der Waals surface area contributed by atoms with Gasteiger partial charge in [0.05, 0.1) is 12.7 Å². The Kier molecular flexibility index (Phi) is 4.94. The van der Waals surface area contributed by atoms with Crippen molar-refractivity contribution in [1.82, 2.24) is 0 Å². The molecule has 0 aliphatic rings. The van der Waals surface area contributed by atoms with Crippen LogP contribution in [0.2, 0.25) is 5.02 Å². The minimum absolute atomic E-state index is 0.378. The zero-order valence-corrected chi connectivity index (χ0v) is 9.00. The quantitative estimate of drug-likeness (QED) is 0.815. The van der Waals surface area contributed by atoms with Crippen molar-refractivity contribution < 1.29 is 9.84 Å². The van der Waals surface area contributed by atoms with Gasteiger partial charge < -0.3 is 9.84 Å². The van der Waals surface area contributed by atoms with Gasteiger partial charge in [-0.3, -0.25) is 0 Å². The molecule has 14 heavy (non-hydrogen) atoms. The average Bonchev–Trinajstić information content (AvgIpc) is 2.15. The van der Waals surface area contributed by atoms with E-state index in [1.807, 2.05) is 31.2 Å². The van der Waals surface area contributed by atoms with Crippen LogP contribution in [0.1, 0.15) is 12.5 Å². The third-order valence-electron chi connectivity index (χ3n) is 1.87. The lowest BCUT2D eigenvalue weighted by Gasteiger charge is -2.10. The third kappa shape index (κ3) is 4.09. The van der Waals surface area contributed by atoms with Gasteiger partial charge in [-0.05, 0) is 24.6 Å². The van der Waals surface area contributed by atoms with Crippen LogP contribution in [0.5, 0.6) is 0 Å². The van der Waals surface area contributed by atoms with Gasteiger partial charge in [0.2, 0.25) is 0 Å². The highest BCUT2D eigenvalue weighted by Crippen LogP contribution is 2.12. The smallest absolute Gasteiger partial charge is 0.0813 e. The Balaban J connectivity index is 2.43. The van der Waals surface area contributed by atoms with Gasteiger partial charge in [-0.25, -0.2) is 0 Å². The summed E-state index contributed by atoms with van der Waals surface area (Å²) in [6.07, 6.45) is 0.133. The van der Waals surface area contributed by atoms with E-state index in [0.29, 0.717) is 24.7 Å². The van der Waals surface area contributed by atoms with Crippen LogP contribution in [-0.2, 0) is 11.2 Å². The molecule has 0 saturated heterocycles. The monoisotopic (exact) mass is 214 g/mol. The maximum atomic E-state index is 9.56. The molecular weight excluding hydrogens is 200 g/mol. The summed E-state index contributed by atoms with van der Waals surface area (Å²) in [6.45, 7) is 2.92. The van der Waals surface area contributed by atoms with Crippen LogP contribution in [0.4, 0.5) is 0 Å². The molecule has 1 N–H and O–H groups in total. The van der Waals surface area contributed by atoms with Gasteiger partial charge in [0.1, 0.15) is 0 Å². The molecule has 1 atom stereocenters. The van der Waals surface area contributed by atoms with Crippen LogP contribution in [0.25, 0.3) is 0 Å². The van der Waals surface area contributed by atoms with E-state index in [4.69, 9.17) is 16.3 Å². The second-order valence-corrected chi connectivity index (χ2v) is 3.58. The summed E-state index contributed by atoms with van der Waals surface area (Å²) in [4.78, 5) is 0. The Morgan fingerprint density at radius 1 is 1.50 bits per heavy atom. The summed E-state index contributed by atoms with van der Waals surface area (Å²) in [5.41, 5.74) is 1.03. The van der Waals surface area contributed by atoms with Crippen LogP contribution in [-0.4, -0.2) is 24.4 Å². The molecule has 1 aromatic rings. The number of rotatable bonds is 5. The molecule has 0 aliphatic carbocycles. The summed E-state index contributed by atoms with van der Waals surface area (Å²) < 4.78 is 5.11. The normalized spacial score (nSPS) is 12.8. The van der Waals surface area contributed by atoms with E-state index in [1.54, 1.807) is 0 Å². The molecule has 0 heterocycles. The second kappa shape index (κ2) is 6.02. The van der Waals surface area contributed by atoms with E-state index in [0.717, 1.165) is 5.56 Å². The summed E-state index contributed by atoms with van der Waals surface area (Å²) in [6, 6.07) is 7.50. The molecule has 1 rings (SSSR count). The summed E-state index contributed by atoms with van der Waals surface area (Å²) in [5, 5.41) is 10.3. The zero-order chi connectivity index (χ0) is 10.4. The number of halogens is 1. The first-order valence-corrected chi connectivity index (χ1v) is 5.10. The van der Waals surface area contributed by atoms with Crippen molar-refractivity contribution >= 4 is 11.6 Å². The van der Waals surface area contributed by atoms with Crippen molar-refractivity contribution in [2.24, 2.45) is 0 Å². The summed E-state index contributed by atoms with van der Waals surface area (Å²) in [5.74, 6) is 0. The Bertz CT molecular complexity index is 276. The van der Waals surface area contributed by atoms with Crippen molar-refractivity contribution in [2.75, 3.05) is 13.2 Å². The standard InChI is InChI=1S/C11H15ClO2/c1-2-14-8-11(13)7-9-4-3-5-10(12)6-9/h3-6,11,13H,2,7-8H2,1H3. The number of aliphatic hydroxyl groups excluding tert-OH is 1. The molecule has 0 fully saturated rings. The predicted molar refractivity (Wildman–Crippen MR) is 57.7 cm³/mol. The van der Waals surface area contributed by atoms with Crippen LogP contribution in [0.15, 0.2) is 24.3 Å². The average molecular weight is 215 g/mol. The van der Waals surface area contributed by atoms with Crippen molar-refractivity contribution in [2.45, 2.75) is 19.4 Å². The van der Waals surface area contributed by atoms with Gasteiger partial charge in [0, 0.05) is 18.1 Å². The maximum absolute atomic E-state index is 9.56. The maximum Gasteiger partial charge on any atom is 0.0813 e.